The molecule has 0 atom stereocenters. The minimum absolute atomic E-state index is 0.216. The van der Waals surface area contributed by atoms with E-state index in [4.69, 9.17) is 9.47 Å². The Bertz CT molecular complexity index is 693. The van der Waals surface area contributed by atoms with Gasteiger partial charge in [0, 0.05) is 30.7 Å². The van der Waals surface area contributed by atoms with Gasteiger partial charge in [-0.2, -0.15) is 0 Å². The quantitative estimate of drug-likeness (QED) is 0.672. The lowest BCUT2D eigenvalue weighted by atomic mass is 9.78. The number of phenolic OH excluding ortho intramolecular Hbond substituents is 1. The smallest absolute Gasteiger partial charge is 0.411 e. The van der Waals surface area contributed by atoms with Gasteiger partial charge in [-0.15, -0.1) is 0 Å². The van der Waals surface area contributed by atoms with Gasteiger partial charge in [0.25, 0.3) is 0 Å². The molecule has 2 rings (SSSR count). The number of anilines is 1. The van der Waals surface area contributed by atoms with Gasteiger partial charge in [0.15, 0.2) is 0 Å². The van der Waals surface area contributed by atoms with E-state index in [9.17, 15) is 9.90 Å². The second kappa shape index (κ2) is 9.25. The second-order valence-corrected chi connectivity index (χ2v) is 6.56. The van der Waals surface area contributed by atoms with E-state index < -0.39 is 6.09 Å². The van der Waals surface area contributed by atoms with Crippen LogP contribution in [0, 0.1) is 0 Å². The van der Waals surface area contributed by atoms with Crippen LogP contribution in [0.15, 0.2) is 48.5 Å². The summed E-state index contributed by atoms with van der Waals surface area (Å²) in [5, 5.41) is 12.2. The van der Waals surface area contributed by atoms with Gasteiger partial charge in [0.2, 0.25) is 0 Å². The highest BCUT2D eigenvalue weighted by Crippen LogP contribution is 2.32. The number of amides is 1. The Morgan fingerprint density at radius 2 is 1.58 bits per heavy atom. The first-order chi connectivity index (χ1) is 12.4. The van der Waals surface area contributed by atoms with Gasteiger partial charge in [-0.25, -0.2) is 4.79 Å². The Labute approximate surface area is 155 Å². The zero-order valence-electron chi connectivity index (χ0n) is 15.6. The van der Waals surface area contributed by atoms with Crippen LogP contribution in [0.5, 0.6) is 5.75 Å². The van der Waals surface area contributed by atoms with Crippen molar-refractivity contribution in [3.05, 3.63) is 59.7 Å². The van der Waals surface area contributed by atoms with Crippen molar-refractivity contribution in [1.29, 1.82) is 0 Å². The number of hydrogen-bond donors (Lipinski definition) is 2. The van der Waals surface area contributed by atoms with Crippen LogP contribution in [0.3, 0.4) is 0 Å². The molecule has 0 saturated carbocycles. The van der Waals surface area contributed by atoms with E-state index in [-0.39, 0.29) is 11.2 Å². The van der Waals surface area contributed by atoms with E-state index in [1.165, 1.54) is 0 Å². The van der Waals surface area contributed by atoms with E-state index in [0.717, 1.165) is 11.1 Å². The van der Waals surface area contributed by atoms with E-state index in [1.807, 2.05) is 43.3 Å². The fourth-order valence-electron chi connectivity index (χ4n) is 2.64. The van der Waals surface area contributed by atoms with Crippen molar-refractivity contribution >= 4 is 11.8 Å². The van der Waals surface area contributed by atoms with Crippen molar-refractivity contribution in [2.24, 2.45) is 0 Å². The molecular formula is C21H27NO4. The number of aromatic hydroxyl groups is 1. The average molecular weight is 357 g/mol. The zero-order valence-corrected chi connectivity index (χ0v) is 15.6. The average Bonchev–Trinajstić information content (AvgIpc) is 2.62. The summed E-state index contributed by atoms with van der Waals surface area (Å²) in [6, 6.07) is 14.9. The van der Waals surface area contributed by atoms with Gasteiger partial charge in [-0.3, -0.25) is 5.32 Å². The molecule has 0 fully saturated rings. The molecule has 2 N–H and O–H groups in total. The molecule has 1 amide bonds. The fourth-order valence-corrected chi connectivity index (χ4v) is 2.64. The summed E-state index contributed by atoms with van der Waals surface area (Å²) in [6.07, 6.45) is 0.216. The molecule has 5 nitrogen and oxygen atoms in total. The van der Waals surface area contributed by atoms with Gasteiger partial charge >= 0.3 is 6.09 Å². The number of phenols is 1. The lowest BCUT2D eigenvalue weighted by Gasteiger charge is -2.26. The number of carbonyl (C=O) groups is 1. The zero-order chi connectivity index (χ0) is 19.0. The predicted octanol–water partition coefficient (Wildman–Crippen LogP) is 4.69. The van der Waals surface area contributed by atoms with E-state index in [0.29, 0.717) is 31.9 Å². The summed E-state index contributed by atoms with van der Waals surface area (Å²) < 4.78 is 10.3. The minimum Gasteiger partial charge on any atom is -0.508 e. The molecule has 0 unspecified atom stereocenters. The van der Waals surface area contributed by atoms with Crippen molar-refractivity contribution in [3.63, 3.8) is 0 Å². The molecule has 140 valence electrons. The molecule has 0 bridgehead atoms. The van der Waals surface area contributed by atoms with Gasteiger partial charge in [0.05, 0.1) is 6.61 Å². The maximum absolute atomic E-state index is 11.8. The molecule has 0 aromatic heterocycles. The maximum Gasteiger partial charge on any atom is 0.411 e. The van der Waals surface area contributed by atoms with Crippen molar-refractivity contribution in [3.8, 4) is 5.75 Å². The van der Waals surface area contributed by atoms with E-state index >= 15 is 0 Å². The number of ether oxygens (including phenoxy) is 2. The molecule has 0 saturated heterocycles. The molecule has 5 heteroatoms. The Hall–Kier alpha value is -2.53. The normalized spacial score (nSPS) is 11.2. The Balaban J connectivity index is 1.93. The van der Waals surface area contributed by atoms with Crippen molar-refractivity contribution < 1.29 is 19.4 Å². The van der Waals surface area contributed by atoms with Gasteiger partial charge in [-0.1, -0.05) is 38.1 Å². The van der Waals surface area contributed by atoms with Crippen LogP contribution in [0.4, 0.5) is 10.5 Å². The highest BCUT2D eigenvalue weighted by atomic mass is 16.5. The first kappa shape index (κ1) is 19.8. The van der Waals surface area contributed by atoms with Crippen molar-refractivity contribution in [1.82, 2.24) is 0 Å². The number of rotatable bonds is 8. The fraction of sp³-hybridized carbons (Fsp3) is 0.381. The standard InChI is InChI=1S/C21H27NO4/c1-4-25-14-5-15-26-20(24)22-18-10-6-16(7-11-18)21(2,3)17-8-12-19(23)13-9-17/h6-13,23H,4-5,14-15H2,1-3H3,(H,22,24). The summed E-state index contributed by atoms with van der Waals surface area (Å²) >= 11 is 0. The third kappa shape index (κ3) is 5.49. The lowest BCUT2D eigenvalue weighted by molar-refractivity contribution is 0.113. The number of carbonyl (C=O) groups excluding carboxylic acids is 1. The highest BCUT2D eigenvalue weighted by molar-refractivity contribution is 5.84. The topological polar surface area (TPSA) is 67.8 Å². The molecule has 0 heterocycles. The summed E-state index contributed by atoms with van der Waals surface area (Å²) in [6.45, 7) is 7.75. The molecular weight excluding hydrogens is 330 g/mol. The minimum atomic E-state index is -0.466. The third-order valence-electron chi connectivity index (χ3n) is 4.31. The molecule has 2 aromatic rings. The van der Waals surface area contributed by atoms with Crippen LogP contribution in [0.2, 0.25) is 0 Å². The monoisotopic (exact) mass is 357 g/mol. The van der Waals surface area contributed by atoms with Gasteiger partial charge in [-0.05, 0) is 42.3 Å². The summed E-state index contributed by atoms with van der Waals surface area (Å²) in [5.41, 5.74) is 2.68. The Morgan fingerprint density at radius 3 is 2.15 bits per heavy atom. The van der Waals surface area contributed by atoms with Crippen LogP contribution < -0.4 is 5.32 Å². The first-order valence-corrected chi connectivity index (χ1v) is 8.85. The third-order valence-corrected chi connectivity index (χ3v) is 4.31. The van der Waals surface area contributed by atoms with E-state index in [2.05, 4.69) is 19.2 Å². The highest BCUT2D eigenvalue weighted by Gasteiger charge is 2.23. The largest absolute Gasteiger partial charge is 0.508 e. The molecule has 26 heavy (non-hydrogen) atoms. The van der Waals surface area contributed by atoms with Crippen LogP contribution >= 0.6 is 0 Å². The van der Waals surface area contributed by atoms with Gasteiger partial charge < -0.3 is 14.6 Å². The molecule has 0 aliphatic carbocycles. The molecule has 0 spiro atoms. The maximum atomic E-state index is 11.8. The molecule has 2 aromatic carbocycles. The lowest BCUT2D eigenvalue weighted by Crippen LogP contribution is -2.19. The number of nitrogens with one attached hydrogen (secondary N) is 1. The van der Waals surface area contributed by atoms with Crippen molar-refractivity contribution in [2.75, 3.05) is 25.1 Å². The van der Waals surface area contributed by atoms with Gasteiger partial charge in [0.1, 0.15) is 5.75 Å². The summed E-state index contributed by atoms with van der Waals surface area (Å²) in [7, 11) is 0. The molecule has 0 radical (unpaired) electrons. The summed E-state index contributed by atoms with van der Waals surface area (Å²) in [5.74, 6) is 0.254. The Morgan fingerprint density at radius 1 is 1.00 bits per heavy atom. The summed E-state index contributed by atoms with van der Waals surface area (Å²) in [4.78, 5) is 11.8. The Kier molecular flexibility index (Phi) is 7.04. The SMILES string of the molecule is CCOCCCOC(=O)Nc1ccc(C(C)(C)c2ccc(O)cc2)cc1. The van der Waals surface area contributed by atoms with Crippen LogP contribution in [0.25, 0.3) is 0 Å². The second-order valence-electron chi connectivity index (χ2n) is 6.56. The predicted molar refractivity (Wildman–Crippen MR) is 103 cm³/mol. The van der Waals surface area contributed by atoms with Crippen LogP contribution in [0.1, 0.15) is 38.3 Å². The number of benzene rings is 2. The number of hydrogen-bond acceptors (Lipinski definition) is 4. The first-order valence-electron chi connectivity index (χ1n) is 8.85. The van der Waals surface area contributed by atoms with Crippen molar-refractivity contribution in [2.45, 2.75) is 32.6 Å². The van der Waals surface area contributed by atoms with E-state index in [1.54, 1.807) is 12.1 Å². The molecule has 0 aliphatic heterocycles. The molecule has 0 aliphatic rings. The van der Waals surface area contributed by atoms with Crippen LogP contribution in [-0.4, -0.2) is 31.0 Å². The van der Waals surface area contributed by atoms with Crippen LogP contribution in [-0.2, 0) is 14.9 Å².